The van der Waals surface area contributed by atoms with Gasteiger partial charge < -0.3 is 10.3 Å². The van der Waals surface area contributed by atoms with Crippen molar-refractivity contribution in [1.29, 1.82) is 0 Å². The fourth-order valence-corrected chi connectivity index (χ4v) is 1.51. The molecule has 1 aromatic heterocycles. The van der Waals surface area contributed by atoms with Crippen molar-refractivity contribution < 1.29 is 13.2 Å². The maximum atomic E-state index is 11.7. The van der Waals surface area contributed by atoms with Crippen LogP contribution in [0.3, 0.4) is 0 Å². The third kappa shape index (κ3) is 5.13. The average Bonchev–Trinajstić information content (AvgIpc) is 2.54. The number of nitrogens with one attached hydrogen (secondary N) is 2. The predicted molar refractivity (Wildman–Crippen MR) is 48.2 cm³/mol. The van der Waals surface area contributed by atoms with Crippen molar-refractivity contribution >= 4 is 11.8 Å². The van der Waals surface area contributed by atoms with E-state index >= 15 is 0 Å². The van der Waals surface area contributed by atoms with Gasteiger partial charge in [-0.15, -0.1) is 0 Å². The molecule has 0 unspecified atom stereocenters. The van der Waals surface area contributed by atoms with Gasteiger partial charge in [-0.05, 0) is 0 Å². The number of aromatic amines is 1. The molecule has 1 rings (SSSR count). The highest BCUT2D eigenvalue weighted by atomic mass is 32.2. The topological polar surface area (TPSA) is 40.7 Å². The normalized spacial score (nSPS) is 11.9. The van der Waals surface area contributed by atoms with Crippen LogP contribution in [0.5, 0.6) is 0 Å². The molecule has 80 valence electrons. The van der Waals surface area contributed by atoms with Crippen molar-refractivity contribution in [3.05, 3.63) is 12.4 Å². The van der Waals surface area contributed by atoms with Crippen LogP contribution < -0.4 is 5.32 Å². The standard InChI is InChI=1S/C7H10F3N3S/c8-7(9,10)5-11-3-4-14-6-12-1-2-13-6/h1-2,11H,3-5H2,(H,12,13). The number of aromatic nitrogens is 2. The van der Waals surface area contributed by atoms with E-state index in [1.165, 1.54) is 11.8 Å². The van der Waals surface area contributed by atoms with Gasteiger partial charge in [0.2, 0.25) is 0 Å². The molecule has 0 saturated heterocycles. The third-order valence-corrected chi connectivity index (χ3v) is 2.22. The van der Waals surface area contributed by atoms with Crippen LogP contribution in [-0.4, -0.2) is 35.0 Å². The van der Waals surface area contributed by atoms with Crippen LogP contribution in [0.1, 0.15) is 0 Å². The zero-order valence-electron chi connectivity index (χ0n) is 7.27. The minimum Gasteiger partial charge on any atom is -0.340 e. The first kappa shape index (κ1) is 11.4. The lowest BCUT2D eigenvalue weighted by Gasteiger charge is -2.06. The number of rotatable bonds is 5. The Balaban J connectivity index is 2.00. The number of thioether (sulfide) groups is 1. The predicted octanol–water partition coefficient (Wildman–Crippen LogP) is 1.65. The van der Waals surface area contributed by atoms with Crippen LogP contribution in [0.25, 0.3) is 0 Å². The minimum absolute atomic E-state index is 0.310. The summed E-state index contributed by atoms with van der Waals surface area (Å²) < 4.78 is 35.0. The molecule has 0 saturated carbocycles. The summed E-state index contributed by atoms with van der Waals surface area (Å²) in [7, 11) is 0. The number of H-pyrrole nitrogens is 1. The maximum absolute atomic E-state index is 11.7. The maximum Gasteiger partial charge on any atom is 0.401 e. The summed E-state index contributed by atoms with van der Waals surface area (Å²) in [4.78, 5) is 6.77. The number of alkyl halides is 3. The van der Waals surface area contributed by atoms with E-state index in [0.717, 1.165) is 5.16 Å². The Hall–Kier alpha value is -0.690. The molecule has 0 fully saturated rings. The number of nitrogens with zero attached hydrogens (tertiary/aromatic N) is 1. The monoisotopic (exact) mass is 225 g/mol. The van der Waals surface area contributed by atoms with Crippen molar-refractivity contribution in [3.63, 3.8) is 0 Å². The second kappa shape index (κ2) is 5.26. The fourth-order valence-electron chi connectivity index (χ4n) is 0.780. The quantitative estimate of drug-likeness (QED) is 0.591. The van der Waals surface area contributed by atoms with Gasteiger partial charge in [-0.25, -0.2) is 4.98 Å². The van der Waals surface area contributed by atoms with E-state index in [2.05, 4.69) is 15.3 Å². The highest BCUT2D eigenvalue weighted by molar-refractivity contribution is 7.99. The molecule has 0 aromatic carbocycles. The number of hydrogen-bond acceptors (Lipinski definition) is 3. The number of hydrogen-bond donors (Lipinski definition) is 2. The Morgan fingerprint density at radius 3 is 2.86 bits per heavy atom. The summed E-state index contributed by atoms with van der Waals surface area (Å²) in [5.41, 5.74) is 0. The first-order valence-electron chi connectivity index (χ1n) is 3.97. The summed E-state index contributed by atoms with van der Waals surface area (Å²) in [5.74, 6) is 0.559. The second-order valence-corrected chi connectivity index (χ2v) is 3.62. The van der Waals surface area contributed by atoms with E-state index in [1.807, 2.05) is 0 Å². The zero-order valence-corrected chi connectivity index (χ0v) is 8.08. The third-order valence-electron chi connectivity index (χ3n) is 1.32. The highest BCUT2D eigenvalue weighted by Crippen LogP contribution is 2.13. The summed E-state index contributed by atoms with van der Waals surface area (Å²) in [6.07, 6.45) is -0.855. The summed E-state index contributed by atoms with van der Waals surface area (Å²) in [6.45, 7) is -0.628. The Morgan fingerprint density at radius 2 is 2.29 bits per heavy atom. The van der Waals surface area contributed by atoms with E-state index in [4.69, 9.17) is 0 Å². The van der Waals surface area contributed by atoms with Gasteiger partial charge in [-0.2, -0.15) is 13.2 Å². The molecular formula is C7H10F3N3S. The zero-order chi connectivity index (χ0) is 10.4. The van der Waals surface area contributed by atoms with E-state index in [-0.39, 0.29) is 0 Å². The van der Waals surface area contributed by atoms with Crippen molar-refractivity contribution in [3.8, 4) is 0 Å². The first-order valence-corrected chi connectivity index (χ1v) is 4.96. The molecular weight excluding hydrogens is 215 g/mol. The molecule has 3 nitrogen and oxygen atoms in total. The van der Waals surface area contributed by atoms with Crippen LogP contribution in [-0.2, 0) is 0 Å². The molecule has 0 aliphatic carbocycles. The molecule has 7 heteroatoms. The Morgan fingerprint density at radius 1 is 1.50 bits per heavy atom. The Kier molecular flexibility index (Phi) is 4.27. The lowest BCUT2D eigenvalue weighted by molar-refractivity contribution is -0.124. The molecule has 1 aromatic rings. The van der Waals surface area contributed by atoms with Gasteiger partial charge in [0.1, 0.15) is 0 Å². The highest BCUT2D eigenvalue weighted by Gasteiger charge is 2.25. The number of halogens is 3. The molecule has 0 amide bonds. The van der Waals surface area contributed by atoms with Gasteiger partial charge in [0, 0.05) is 24.7 Å². The summed E-state index contributed by atoms with van der Waals surface area (Å²) >= 11 is 1.38. The molecule has 0 spiro atoms. The van der Waals surface area contributed by atoms with Crippen molar-refractivity contribution in [2.24, 2.45) is 0 Å². The smallest absolute Gasteiger partial charge is 0.340 e. The van der Waals surface area contributed by atoms with Gasteiger partial charge in [-0.3, -0.25) is 0 Å². The lowest BCUT2D eigenvalue weighted by Crippen LogP contribution is -2.30. The molecule has 14 heavy (non-hydrogen) atoms. The molecule has 0 aliphatic heterocycles. The minimum atomic E-state index is -4.13. The molecule has 1 heterocycles. The van der Waals surface area contributed by atoms with Crippen molar-refractivity contribution in [1.82, 2.24) is 15.3 Å². The van der Waals surface area contributed by atoms with Gasteiger partial charge in [-0.1, -0.05) is 11.8 Å². The van der Waals surface area contributed by atoms with Gasteiger partial charge in [0.15, 0.2) is 5.16 Å². The summed E-state index contributed by atoms with van der Waals surface area (Å²) in [6, 6.07) is 0. The van der Waals surface area contributed by atoms with E-state index < -0.39 is 12.7 Å². The first-order chi connectivity index (χ1) is 6.58. The largest absolute Gasteiger partial charge is 0.401 e. The fraction of sp³-hybridized carbons (Fsp3) is 0.571. The molecule has 0 radical (unpaired) electrons. The van der Waals surface area contributed by atoms with Crippen molar-refractivity contribution in [2.45, 2.75) is 11.3 Å². The van der Waals surface area contributed by atoms with Crippen LogP contribution in [0.4, 0.5) is 13.2 Å². The molecule has 0 bridgehead atoms. The molecule has 0 atom stereocenters. The van der Waals surface area contributed by atoms with Crippen LogP contribution in [0.2, 0.25) is 0 Å². The van der Waals surface area contributed by atoms with E-state index in [9.17, 15) is 13.2 Å². The average molecular weight is 225 g/mol. The van der Waals surface area contributed by atoms with Crippen LogP contribution in [0.15, 0.2) is 17.6 Å². The van der Waals surface area contributed by atoms with Gasteiger partial charge in [0.05, 0.1) is 6.54 Å². The van der Waals surface area contributed by atoms with Crippen molar-refractivity contribution in [2.75, 3.05) is 18.8 Å². The Labute approximate surface area is 83.5 Å². The van der Waals surface area contributed by atoms with Gasteiger partial charge >= 0.3 is 6.18 Å². The van der Waals surface area contributed by atoms with Crippen LogP contribution in [0, 0.1) is 0 Å². The SMILES string of the molecule is FC(F)(F)CNCCSc1ncc[nH]1. The molecule has 0 aliphatic rings. The van der Waals surface area contributed by atoms with Crippen LogP contribution >= 0.6 is 11.8 Å². The summed E-state index contributed by atoms with van der Waals surface area (Å²) in [5, 5.41) is 3.02. The lowest BCUT2D eigenvalue weighted by atomic mass is 10.6. The second-order valence-electron chi connectivity index (χ2n) is 2.53. The Bertz CT molecular complexity index is 247. The van der Waals surface area contributed by atoms with E-state index in [1.54, 1.807) is 12.4 Å². The number of imidazole rings is 1. The van der Waals surface area contributed by atoms with Gasteiger partial charge in [0.25, 0.3) is 0 Å². The van der Waals surface area contributed by atoms with E-state index in [0.29, 0.717) is 12.3 Å². The molecule has 2 N–H and O–H groups in total.